The summed E-state index contributed by atoms with van der Waals surface area (Å²) in [5.74, 6) is -2.02. The van der Waals surface area contributed by atoms with Crippen molar-refractivity contribution in [3.05, 3.63) is 58.6 Å². The minimum atomic E-state index is -5.11. The lowest BCUT2D eigenvalue weighted by Gasteiger charge is -2.37. The van der Waals surface area contributed by atoms with Gasteiger partial charge in [-0.1, -0.05) is 23.7 Å². The average Bonchev–Trinajstić information content (AvgIpc) is 2.66. The van der Waals surface area contributed by atoms with E-state index < -0.39 is 36.1 Å². The molecule has 3 rings (SSSR count). The first-order valence-electron chi connectivity index (χ1n) is 9.17. The Labute approximate surface area is 183 Å². The van der Waals surface area contributed by atoms with Crippen LogP contribution in [0.2, 0.25) is 5.02 Å². The standard InChI is InChI=1S/C20H16ClF6NO4/c1-11(12-3-2-4-13(7-12)19(22,23)24)30-16-6-5-14(21)8-17(16)31-15-9-28(10-15)32-18(29)20(25,26)27/h2-8,11,15H,9-10H2,1H3. The van der Waals surface area contributed by atoms with Gasteiger partial charge in [-0.25, -0.2) is 4.79 Å². The van der Waals surface area contributed by atoms with Crippen molar-refractivity contribution in [3.63, 3.8) is 0 Å². The van der Waals surface area contributed by atoms with E-state index in [4.69, 9.17) is 21.1 Å². The monoisotopic (exact) mass is 483 g/mol. The molecule has 0 aliphatic carbocycles. The Hall–Kier alpha value is -2.66. The Morgan fingerprint density at radius 1 is 1.06 bits per heavy atom. The molecule has 174 valence electrons. The van der Waals surface area contributed by atoms with Gasteiger partial charge in [-0.05, 0) is 36.8 Å². The minimum absolute atomic E-state index is 0.128. The van der Waals surface area contributed by atoms with E-state index in [2.05, 4.69) is 4.84 Å². The van der Waals surface area contributed by atoms with Crippen molar-refractivity contribution in [3.8, 4) is 11.5 Å². The third-order valence-corrected chi connectivity index (χ3v) is 4.68. The van der Waals surface area contributed by atoms with Gasteiger partial charge in [0.1, 0.15) is 12.2 Å². The van der Waals surface area contributed by atoms with Crippen LogP contribution in [0, 0.1) is 0 Å². The van der Waals surface area contributed by atoms with E-state index in [0.717, 1.165) is 17.2 Å². The van der Waals surface area contributed by atoms with Gasteiger partial charge < -0.3 is 14.3 Å². The summed E-state index contributed by atoms with van der Waals surface area (Å²) in [6.45, 7) is 1.30. The molecule has 1 aliphatic heterocycles. The highest BCUT2D eigenvalue weighted by molar-refractivity contribution is 6.30. The fourth-order valence-electron chi connectivity index (χ4n) is 2.80. The maximum Gasteiger partial charge on any atom is 0.492 e. The van der Waals surface area contributed by atoms with Crippen molar-refractivity contribution in [2.75, 3.05) is 13.1 Å². The highest BCUT2D eigenvalue weighted by Crippen LogP contribution is 2.37. The van der Waals surface area contributed by atoms with Crippen LogP contribution in [0.5, 0.6) is 11.5 Å². The highest BCUT2D eigenvalue weighted by Gasteiger charge is 2.45. The molecule has 12 heteroatoms. The largest absolute Gasteiger partial charge is 0.492 e. The molecule has 0 radical (unpaired) electrons. The molecule has 0 spiro atoms. The molecular formula is C20H16ClF6NO4. The topological polar surface area (TPSA) is 48.0 Å². The Bertz CT molecular complexity index is 975. The molecule has 2 aromatic carbocycles. The lowest BCUT2D eigenvalue weighted by Crippen LogP contribution is -2.55. The molecule has 0 N–H and O–H groups in total. The number of carbonyl (C=O) groups excluding carboxylic acids is 1. The first kappa shape index (κ1) is 24.0. The van der Waals surface area contributed by atoms with Gasteiger partial charge in [0, 0.05) is 11.1 Å². The molecule has 5 nitrogen and oxygen atoms in total. The van der Waals surface area contributed by atoms with E-state index in [0.29, 0.717) is 0 Å². The number of alkyl halides is 6. The van der Waals surface area contributed by atoms with Crippen LogP contribution in [0.3, 0.4) is 0 Å². The van der Waals surface area contributed by atoms with E-state index >= 15 is 0 Å². The highest BCUT2D eigenvalue weighted by atomic mass is 35.5. The SMILES string of the molecule is CC(Oc1ccc(Cl)cc1OC1CN(OC(=O)C(F)(F)F)C1)c1cccc(C(F)(F)F)c1. The van der Waals surface area contributed by atoms with Crippen LogP contribution in [0.15, 0.2) is 42.5 Å². The normalized spacial score (nSPS) is 16.2. The second kappa shape index (κ2) is 9.07. The number of rotatable bonds is 6. The van der Waals surface area contributed by atoms with Crippen LogP contribution in [0.25, 0.3) is 0 Å². The maximum absolute atomic E-state index is 13.0. The van der Waals surface area contributed by atoms with Crippen molar-refractivity contribution in [2.24, 2.45) is 0 Å². The number of halogens is 7. The second-order valence-electron chi connectivity index (χ2n) is 6.94. The smallest absolute Gasteiger partial charge is 0.484 e. The van der Waals surface area contributed by atoms with E-state index in [1.165, 1.54) is 30.3 Å². The van der Waals surface area contributed by atoms with Crippen LogP contribution in [-0.4, -0.2) is 36.4 Å². The molecule has 2 aromatic rings. The van der Waals surface area contributed by atoms with E-state index in [-0.39, 0.29) is 35.2 Å². The summed E-state index contributed by atoms with van der Waals surface area (Å²) in [5.41, 5.74) is -0.546. The summed E-state index contributed by atoms with van der Waals surface area (Å²) in [6, 6.07) is 9.02. The third kappa shape index (κ3) is 5.98. The van der Waals surface area contributed by atoms with Gasteiger partial charge in [0.05, 0.1) is 18.7 Å². The number of hydrogen-bond donors (Lipinski definition) is 0. The van der Waals surface area contributed by atoms with Gasteiger partial charge in [0.25, 0.3) is 0 Å². The zero-order chi connectivity index (χ0) is 23.7. The van der Waals surface area contributed by atoms with Crippen molar-refractivity contribution in [1.82, 2.24) is 5.06 Å². The molecule has 0 aromatic heterocycles. The summed E-state index contributed by atoms with van der Waals surface area (Å²) in [4.78, 5) is 15.0. The van der Waals surface area contributed by atoms with Crippen molar-refractivity contribution < 1.29 is 45.4 Å². The number of benzene rings is 2. The molecule has 0 saturated carbocycles. The van der Waals surface area contributed by atoms with Crippen LogP contribution >= 0.6 is 11.6 Å². The van der Waals surface area contributed by atoms with Gasteiger partial charge >= 0.3 is 18.3 Å². The molecule has 32 heavy (non-hydrogen) atoms. The first-order chi connectivity index (χ1) is 14.8. The molecule has 0 amide bonds. The number of hydrogen-bond acceptors (Lipinski definition) is 5. The third-order valence-electron chi connectivity index (χ3n) is 4.44. The molecule has 1 atom stereocenters. The van der Waals surface area contributed by atoms with Crippen LogP contribution in [-0.2, 0) is 15.8 Å². The lowest BCUT2D eigenvalue weighted by atomic mass is 10.1. The van der Waals surface area contributed by atoms with Crippen LogP contribution in [0.1, 0.15) is 24.2 Å². The Morgan fingerprint density at radius 3 is 2.38 bits per heavy atom. The van der Waals surface area contributed by atoms with E-state index in [1.807, 2.05) is 0 Å². The van der Waals surface area contributed by atoms with Gasteiger partial charge in [0.2, 0.25) is 0 Å². The summed E-state index contributed by atoms with van der Waals surface area (Å²) in [6.07, 6.45) is -11.0. The molecule has 1 heterocycles. The number of carbonyl (C=O) groups is 1. The van der Waals surface area contributed by atoms with Crippen molar-refractivity contribution in [2.45, 2.75) is 31.5 Å². The molecular weight excluding hydrogens is 468 g/mol. The second-order valence-corrected chi connectivity index (χ2v) is 7.37. The fraction of sp³-hybridized carbons (Fsp3) is 0.350. The zero-order valence-corrected chi connectivity index (χ0v) is 17.1. The Kier molecular flexibility index (Phi) is 6.80. The first-order valence-corrected chi connectivity index (χ1v) is 9.55. The molecule has 1 unspecified atom stereocenters. The van der Waals surface area contributed by atoms with Gasteiger partial charge in [-0.15, -0.1) is 5.06 Å². The van der Waals surface area contributed by atoms with Crippen LogP contribution in [0.4, 0.5) is 26.3 Å². The Morgan fingerprint density at radius 2 is 1.75 bits per heavy atom. The molecule has 0 bridgehead atoms. The minimum Gasteiger partial charge on any atom is -0.484 e. The van der Waals surface area contributed by atoms with E-state index in [1.54, 1.807) is 6.92 Å². The maximum atomic E-state index is 13.0. The summed E-state index contributed by atoms with van der Waals surface area (Å²) >= 11 is 5.97. The van der Waals surface area contributed by atoms with Gasteiger partial charge in [0.15, 0.2) is 11.5 Å². The number of nitrogens with zero attached hydrogens (tertiary/aromatic N) is 1. The van der Waals surface area contributed by atoms with Crippen LogP contribution < -0.4 is 9.47 Å². The lowest BCUT2D eigenvalue weighted by molar-refractivity contribution is -0.262. The van der Waals surface area contributed by atoms with Gasteiger partial charge in [-0.2, -0.15) is 26.3 Å². The molecule has 1 fully saturated rings. The van der Waals surface area contributed by atoms with Crippen molar-refractivity contribution >= 4 is 17.6 Å². The predicted octanol–water partition coefficient (Wildman–Crippen LogP) is 5.58. The number of hydroxylamine groups is 2. The zero-order valence-electron chi connectivity index (χ0n) is 16.3. The molecule has 1 aliphatic rings. The average molecular weight is 484 g/mol. The Balaban J connectivity index is 1.66. The van der Waals surface area contributed by atoms with Crippen molar-refractivity contribution in [1.29, 1.82) is 0 Å². The summed E-state index contributed by atoms with van der Waals surface area (Å²) < 4.78 is 87.0. The predicted molar refractivity (Wildman–Crippen MR) is 100 cm³/mol. The van der Waals surface area contributed by atoms with Gasteiger partial charge in [-0.3, -0.25) is 0 Å². The van der Waals surface area contributed by atoms with E-state index in [9.17, 15) is 31.1 Å². The number of ether oxygens (including phenoxy) is 2. The quantitative estimate of drug-likeness (QED) is 0.502. The molecule has 1 saturated heterocycles. The summed E-state index contributed by atoms with van der Waals surface area (Å²) in [5, 5.41) is 1.07. The fourth-order valence-corrected chi connectivity index (χ4v) is 2.96. The summed E-state index contributed by atoms with van der Waals surface area (Å²) in [7, 11) is 0.